The van der Waals surface area contributed by atoms with E-state index in [2.05, 4.69) is 36.2 Å². The van der Waals surface area contributed by atoms with Crippen molar-refractivity contribution in [2.24, 2.45) is 0 Å². The number of benzene rings is 1. The Bertz CT molecular complexity index is 521. The summed E-state index contributed by atoms with van der Waals surface area (Å²) in [6, 6.07) is 10.4. The Balaban J connectivity index is 2.20. The molecule has 3 heteroatoms. The van der Waals surface area contributed by atoms with Crippen LogP contribution >= 0.6 is 23.2 Å². The minimum Gasteiger partial charge on any atom is -0.242 e. The standard InChI is InChI=1S/C15H15Cl2N/c1-2-3-4-11-5-7-12(8-6-11)13-9-14(16)15(17)18-10-13/h5-10H,2-4H2,1H3. The number of rotatable bonds is 4. The molecule has 2 rings (SSSR count). The third kappa shape index (κ3) is 3.24. The maximum atomic E-state index is 5.97. The molecule has 0 saturated heterocycles. The van der Waals surface area contributed by atoms with Gasteiger partial charge in [-0.25, -0.2) is 4.98 Å². The van der Waals surface area contributed by atoms with Crippen LogP contribution in [-0.4, -0.2) is 4.98 Å². The summed E-state index contributed by atoms with van der Waals surface area (Å²) in [5, 5.41) is 0.837. The predicted molar refractivity (Wildman–Crippen MR) is 78.3 cm³/mol. The largest absolute Gasteiger partial charge is 0.242 e. The number of halogens is 2. The van der Waals surface area contributed by atoms with Gasteiger partial charge in [0.2, 0.25) is 0 Å². The molecule has 1 aromatic heterocycles. The molecule has 0 bridgehead atoms. The van der Waals surface area contributed by atoms with Crippen molar-refractivity contribution in [3.63, 3.8) is 0 Å². The molecule has 0 unspecified atom stereocenters. The van der Waals surface area contributed by atoms with Crippen LogP contribution in [0.1, 0.15) is 25.3 Å². The third-order valence-corrected chi connectivity index (χ3v) is 3.59. The van der Waals surface area contributed by atoms with Gasteiger partial charge in [0.15, 0.2) is 0 Å². The molecule has 2 aromatic rings. The lowest BCUT2D eigenvalue weighted by Gasteiger charge is -2.05. The lowest BCUT2D eigenvalue weighted by Crippen LogP contribution is -1.86. The molecule has 94 valence electrons. The first-order valence-corrected chi connectivity index (χ1v) is 6.86. The van der Waals surface area contributed by atoms with Crippen molar-refractivity contribution in [3.05, 3.63) is 52.3 Å². The fraction of sp³-hybridized carbons (Fsp3) is 0.267. The third-order valence-electron chi connectivity index (χ3n) is 2.90. The second-order valence-electron chi connectivity index (χ2n) is 4.30. The van der Waals surface area contributed by atoms with Crippen molar-refractivity contribution in [1.29, 1.82) is 0 Å². The van der Waals surface area contributed by atoms with Crippen LogP contribution < -0.4 is 0 Å². The predicted octanol–water partition coefficient (Wildman–Crippen LogP) is 5.40. The van der Waals surface area contributed by atoms with Gasteiger partial charge in [-0.1, -0.05) is 60.8 Å². The zero-order valence-electron chi connectivity index (χ0n) is 10.3. The monoisotopic (exact) mass is 279 g/mol. The number of aromatic nitrogens is 1. The second kappa shape index (κ2) is 6.21. The SMILES string of the molecule is CCCCc1ccc(-c2cnc(Cl)c(Cl)c2)cc1. The number of unbranched alkanes of at least 4 members (excludes halogenated alkanes) is 1. The first-order valence-electron chi connectivity index (χ1n) is 6.11. The normalized spacial score (nSPS) is 10.6. The molecule has 0 atom stereocenters. The van der Waals surface area contributed by atoms with E-state index in [0.29, 0.717) is 10.2 Å². The summed E-state index contributed by atoms with van der Waals surface area (Å²) in [4.78, 5) is 4.06. The molecule has 0 N–H and O–H groups in total. The number of hydrogen-bond donors (Lipinski definition) is 0. The minimum absolute atomic E-state index is 0.347. The first-order chi connectivity index (χ1) is 8.70. The van der Waals surface area contributed by atoms with Crippen LogP contribution in [0.5, 0.6) is 0 Å². The van der Waals surface area contributed by atoms with E-state index < -0.39 is 0 Å². The summed E-state index contributed by atoms with van der Waals surface area (Å²) in [5.74, 6) is 0. The zero-order chi connectivity index (χ0) is 13.0. The smallest absolute Gasteiger partial charge is 0.147 e. The van der Waals surface area contributed by atoms with Crippen LogP contribution in [0.3, 0.4) is 0 Å². The molecule has 0 aliphatic carbocycles. The van der Waals surface area contributed by atoms with E-state index >= 15 is 0 Å². The van der Waals surface area contributed by atoms with E-state index in [0.717, 1.165) is 17.5 Å². The molecule has 1 nitrogen and oxygen atoms in total. The highest BCUT2D eigenvalue weighted by atomic mass is 35.5. The average molecular weight is 280 g/mol. The molecule has 0 fully saturated rings. The maximum absolute atomic E-state index is 5.97. The summed E-state index contributed by atoms with van der Waals surface area (Å²) in [6.07, 6.45) is 5.33. The Kier molecular flexibility index (Phi) is 4.62. The Morgan fingerprint density at radius 3 is 2.39 bits per heavy atom. The van der Waals surface area contributed by atoms with Crippen molar-refractivity contribution in [1.82, 2.24) is 4.98 Å². The highest BCUT2D eigenvalue weighted by Crippen LogP contribution is 2.26. The number of hydrogen-bond acceptors (Lipinski definition) is 1. The van der Waals surface area contributed by atoms with E-state index in [9.17, 15) is 0 Å². The van der Waals surface area contributed by atoms with Gasteiger partial charge in [0.25, 0.3) is 0 Å². The molecule has 1 heterocycles. The van der Waals surface area contributed by atoms with Crippen LogP contribution in [0.2, 0.25) is 10.2 Å². The van der Waals surface area contributed by atoms with Gasteiger partial charge in [-0.3, -0.25) is 0 Å². The molecule has 0 spiro atoms. The van der Waals surface area contributed by atoms with Gasteiger partial charge in [0.05, 0.1) is 5.02 Å². The fourth-order valence-corrected chi connectivity index (χ4v) is 2.09. The molecule has 0 aliphatic heterocycles. The van der Waals surface area contributed by atoms with Gasteiger partial charge in [-0.15, -0.1) is 0 Å². The molecule has 0 radical (unpaired) electrons. The second-order valence-corrected chi connectivity index (χ2v) is 5.06. The number of nitrogens with zero attached hydrogens (tertiary/aromatic N) is 1. The number of pyridine rings is 1. The van der Waals surface area contributed by atoms with Crippen LogP contribution in [0.25, 0.3) is 11.1 Å². The summed E-state index contributed by atoms with van der Waals surface area (Å²) in [7, 11) is 0. The Hall–Kier alpha value is -1.05. The zero-order valence-corrected chi connectivity index (χ0v) is 11.8. The van der Waals surface area contributed by atoms with Crippen molar-refractivity contribution in [2.75, 3.05) is 0 Å². The van der Waals surface area contributed by atoms with Crippen molar-refractivity contribution in [3.8, 4) is 11.1 Å². The molecule has 0 saturated carbocycles. The fourth-order valence-electron chi connectivity index (χ4n) is 1.82. The summed E-state index contributed by atoms with van der Waals surface area (Å²) in [5.41, 5.74) is 3.47. The molecular formula is C15H15Cl2N. The van der Waals surface area contributed by atoms with E-state index in [1.54, 1.807) is 6.20 Å². The van der Waals surface area contributed by atoms with Gasteiger partial charge in [0, 0.05) is 11.8 Å². The molecular weight excluding hydrogens is 265 g/mol. The van der Waals surface area contributed by atoms with Gasteiger partial charge < -0.3 is 0 Å². The Morgan fingerprint density at radius 2 is 1.78 bits per heavy atom. The van der Waals surface area contributed by atoms with Crippen molar-refractivity contribution in [2.45, 2.75) is 26.2 Å². The van der Waals surface area contributed by atoms with E-state index in [1.165, 1.54) is 18.4 Å². The highest BCUT2D eigenvalue weighted by Gasteiger charge is 2.03. The minimum atomic E-state index is 0.347. The molecule has 0 aliphatic rings. The molecule has 1 aromatic carbocycles. The average Bonchev–Trinajstić information content (AvgIpc) is 2.40. The van der Waals surface area contributed by atoms with E-state index in [4.69, 9.17) is 23.2 Å². The van der Waals surface area contributed by atoms with E-state index in [-0.39, 0.29) is 0 Å². The van der Waals surface area contributed by atoms with Crippen LogP contribution in [0, 0.1) is 0 Å². The van der Waals surface area contributed by atoms with Crippen LogP contribution in [0.4, 0.5) is 0 Å². The van der Waals surface area contributed by atoms with Gasteiger partial charge in [-0.05, 0) is 30.0 Å². The lowest BCUT2D eigenvalue weighted by molar-refractivity contribution is 0.795. The van der Waals surface area contributed by atoms with E-state index in [1.807, 2.05) is 6.07 Å². The maximum Gasteiger partial charge on any atom is 0.147 e. The lowest BCUT2D eigenvalue weighted by atomic mass is 10.0. The molecule has 18 heavy (non-hydrogen) atoms. The summed E-state index contributed by atoms with van der Waals surface area (Å²) in [6.45, 7) is 2.20. The van der Waals surface area contributed by atoms with Gasteiger partial charge in [-0.2, -0.15) is 0 Å². The van der Waals surface area contributed by atoms with Gasteiger partial charge >= 0.3 is 0 Å². The van der Waals surface area contributed by atoms with Gasteiger partial charge in [0.1, 0.15) is 5.15 Å². The first kappa shape index (κ1) is 13.4. The quantitative estimate of drug-likeness (QED) is 0.683. The van der Waals surface area contributed by atoms with Crippen LogP contribution in [-0.2, 0) is 6.42 Å². The number of aryl methyl sites for hydroxylation is 1. The summed E-state index contributed by atoms with van der Waals surface area (Å²) >= 11 is 11.8. The molecule has 0 amide bonds. The van der Waals surface area contributed by atoms with Crippen molar-refractivity contribution < 1.29 is 0 Å². The summed E-state index contributed by atoms with van der Waals surface area (Å²) < 4.78 is 0. The Morgan fingerprint density at radius 1 is 1.06 bits per heavy atom. The topological polar surface area (TPSA) is 12.9 Å². The van der Waals surface area contributed by atoms with Crippen LogP contribution in [0.15, 0.2) is 36.5 Å². The highest BCUT2D eigenvalue weighted by molar-refractivity contribution is 6.41. The Labute approximate surface area is 118 Å². The van der Waals surface area contributed by atoms with Crippen molar-refractivity contribution >= 4 is 23.2 Å².